The van der Waals surface area contributed by atoms with E-state index >= 15 is 0 Å². The summed E-state index contributed by atoms with van der Waals surface area (Å²) in [5.74, 6) is 4.00. The van der Waals surface area contributed by atoms with Crippen LogP contribution in [0, 0.1) is 23.7 Å². The molecule has 0 aliphatic heterocycles. The van der Waals surface area contributed by atoms with Crippen LogP contribution < -0.4 is 0 Å². The van der Waals surface area contributed by atoms with Gasteiger partial charge in [0.2, 0.25) is 0 Å². The lowest BCUT2D eigenvalue weighted by Crippen LogP contribution is -2.07. The molecule has 0 spiro atoms. The van der Waals surface area contributed by atoms with Crippen molar-refractivity contribution >= 4 is 0 Å². The molecule has 0 aromatic rings. The molecule has 0 heterocycles. The highest BCUT2D eigenvalue weighted by molar-refractivity contribution is 4.87. The molecule has 1 saturated carbocycles. The van der Waals surface area contributed by atoms with Gasteiger partial charge >= 0.3 is 0 Å². The number of rotatable bonds is 9. The van der Waals surface area contributed by atoms with Gasteiger partial charge in [0.15, 0.2) is 0 Å². The fourth-order valence-corrected chi connectivity index (χ4v) is 3.02. The molecule has 0 bridgehead atoms. The van der Waals surface area contributed by atoms with E-state index in [0.29, 0.717) is 0 Å². The average Bonchev–Trinajstić information content (AvgIpc) is 2.92. The summed E-state index contributed by atoms with van der Waals surface area (Å²) in [4.78, 5) is 0. The molecule has 1 rings (SSSR count). The quantitative estimate of drug-likeness (QED) is 0.442. The van der Waals surface area contributed by atoms with Crippen LogP contribution in [0.5, 0.6) is 0 Å². The molecule has 0 amide bonds. The molecule has 100 valence electrons. The van der Waals surface area contributed by atoms with E-state index in [4.69, 9.17) is 0 Å². The first-order valence-electron chi connectivity index (χ1n) is 7.67. The number of hydrogen-bond acceptors (Lipinski definition) is 0. The predicted octanol–water partition coefficient (Wildman–Crippen LogP) is 5.83. The fourth-order valence-electron chi connectivity index (χ4n) is 3.02. The Labute approximate surface area is 109 Å². The molecule has 1 aliphatic rings. The third-order valence-corrected chi connectivity index (χ3v) is 4.53. The Morgan fingerprint density at radius 2 is 2.06 bits per heavy atom. The second kappa shape index (κ2) is 7.24. The molecule has 0 aromatic heterocycles. The summed E-state index contributed by atoms with van der Waals surface area (Å²) in [5.41, 5.74) is 1.34. The van der Waals surface area contributed by atoms with Gasteiger partial charge in [0.1, 0.15) is 0 Å². The van der Waals surface area contributed by atoms with Crippen LogP contribution in [0.25, 0.3) is 0 Å². The minimum absolute atomic E-state index is 0.911. The van der Waals surface area contributed by atoms with Gasteiger partial charge in [-0.1, -0.05) is 39.2 Å². The van der Waals surface area contributed by atoms with Gasteiger partial charge in [-0.05, 0) is 62.7 Å². The van der Waals surface area contributed by atoms with E-state index in [1.165, 1.54) is 50.5 Å². The summed E-state index contributed by atoms with van der Waals surface area (Å²) in [6.07, 6.45) is 9.80. The van der Waals surface area contributed by atoms with Crippen LogP contribution in [0.1, 0.15) is 72.6 Å². The first-order chi connectivity index (χ1) is 8.02. The molecule has 1 fully saturated rings. The zero-order chi connectivity index (χ0) is 12.8. The largest absolute Gasteiger partial charge is 0.100 e. The Kier molecular flexibility index (Phi) is 6.30. The van der Waals surface area contributed by atoms with E-state index in [1.807, 2.05) is 0 Å². The maximum Gasteiger partial charge on any atom is -0.0326 e. The molecular formula is C17H32. The fraction of sp³-hybridized carbons (Fsp3) is 0.882. The van der Waals surface area contributed by atoms with E-state index in [1.54, 1.807) is 0 Å². The highest BCUT2D eigenvalue weighted by atomic mass is 14.4. The smallest absolute Gasteiger partial charge is 0.0326 e. The van der Waals surface area contributed by atoms with Gasteiger partial charge in [-0.3, -0.25) is 0 Å². The standard InChI is InChI=1S/C17H32/c1-6-16(12-17-11-15(17)5)10-14(4)9-7-8-13(2)3/h14-17H,2,6-12H2,1,3-5H3. The highest BCUT2D eigenvalue weighted by Gasteiger charge is 2.34. The van der Waals surface area contributed by atoms with Gasteiger partial charge in [0.25, 0.3) is 0 Å². The van der Waals surface area contributed by atoms with Crippen LogP contribution in [-0.4, -0.2) is 0 Å². The lowest BCUT2D eigenvalue weighted by Gasteiger charge is -2.19. The van der Waals surface area contributed by atoms with Crippen molar-refractivity contribution in [2.75, 3.05) is 0 Å². The zero-order valence-electron chi connectivity index (χ0n) is 12.5. The summed E-state index contributed by atoms with van der Waals surface area (Å²) < 4.78 is 0. The molecule has 4 unspecified atom stereocenters. The third-order valence-electron chi connectivity index (χ3n) is 4.53. The van der Waals surface area contributed by atoms with E-state index in [2.05, 4.69) is 34.3 Å². The van der Waals surface area contributed by atoms with E-state index in [0.717, 1.165) is 23.7 Å². The Hall–Kier alpha value is -0.260. The number of hydrogen-bond donors (Lipinski definition) is 0. The van der Waals surface area contributed by atoms with Crippen molar-refractivity contribution in [3.8, 4) is 0 Å². The summed E-state index contributed by atoms with van der Waals surface area (Å²) >= 11 is 0. The van der Waals surface area contributed by atoms with Gasteiger partial charge in [0.05, 0.1) is 0 Å². The lowest BCUT2D eigenvalue weighted by atomic mass is 9.86. The Morgan fingerprint density at radius 1 is 1.41 bits per heavy atom. The van der Waals surface area contributed by atoms with E-state index < -0.39 is 0 Å². The van der Waals surface area contributed by atoms with Crippen LogP contribution in [0.4, 0.5) is 0 Å². The summed E-state index contributed by atoms with van der Waals surface area (Å²) in [6.45, 7) is 13.4. The Morgan fingerprint density at radius 3 is 2.53 bits per heavy atom. The molecule has 0 saturated heterocycles. The van der Waals surface area contributed by atoms with Gasteiger partial charge < -0.3 is 0 Å². The number of allylic oxidation sites excluding steroid dienone is 1. The molecule has 4 atom stereocenters. The molecule has 0 heteroatoms. The van der Waals surface area contributed by atoms with Crippen LogP contribution in [0.15, 0.2) is 12.2 Å². The molecule has 1 aliphatic carbocycles. The monoisotopic (exact) mass is 236 g/mol. The van der Waals surface area contributed by atoms with Crippen molar-refractivity contribution in [2.24, 2.45) is 23.7 Å². The van der Waals surface area contributed by atoms with Gasteiger partial charge in [0, 0.05) is 0 Å². The van der Waals surface area contributed by atoms with Crippen LogP contribution >= 0.6 is 0 Å². The van der Waals surface area contributed by atoms with Crippen molar-refractivity contribution in [1.29, 1.82) is 0 Å². The van der Waals surface area contributed by atoms with Crippen molar-refractivity contribution in [3.63, 3.8) is 0 Å². The second-order valence-corrected chi connectivity index (χ2v) is 6.67. The molecule has 0 nitrogen and oxygen atoms in total. The van der Waals surface area contributed by atoms with Gasteiger partial charge in [-0.25, -0.2) is 0 Å². The zero-order valence-corrected chi connectivity index (χ0v) is 12.5. The van der Waals surface area contributed by atoms with E-state index in [9.17, 15) is 0 Å². The molecule has 0 radical (unpaired) electrons. The molecule has 0 aromatic carbocycles. The van der Waals surface area contributed by atoms with Crippen molar-refractivity contribution in [3.05, 3.63) is 12.2 Å². The summed E-state index contributed by atoms with van der Waals surface area (Å²) in [5, 5.41) is 0. The molecule has 17 heavy (non-hydrogen) atoms. The Bertz CT molecular complexity index is 228. The topological polar surface area (TPSA) is 0 Å². The first-order valence-corrected chi connectivity index (χ1v) is 7.67. The maximum atomic E-state index is 3.99. The SMILES string of the molecule is C=C(C)CCCC(C)CC(CC)CC1CC1C. The third kappa shape index (κ3) is 6.29. The summed E-state index contributed by atoms with van der Waals surface area (Å²) in [6, 6.07) is 0. The normalized spacial score (nSPS) is 26.6. The van der Waals surface area contributed by atoms with Crippen LogP contribution in [-0.2, 0) is 0 Å². The average molecular weight is 236 g/mol. The minimum Gasteiger partial charge on any atom is -0.100 e. The first kappa shape index (κ1) is 14.8. The summed E-state index contributed by atoms with van der Waals surface area (Å²) in [7, 11) is 0. The lowest BCUT2D eigenvalue weighted by molar-refractivity contribution is 0.326. The predicted molar refractivity (Wildman–Crippen MR) is 78.1 cm³/mol. The van der Waals surface area contributed by atoms with Crippen LogP contribution in [0.3, 0.4) is 0 Å². The van der Waals surface area contributed by atoms with Crippen molar-refractivity contribution < 1.29 is 0 Å². The highest BCUT2D eigenvalue weighted by Crippen LogP contribution is 2.44. The minimum atomic E-state index is 0.911. The van der Waals surface area contributed by atoms with Gasteiger partial charge in [-0.15, -0.1) is 6.58 Å². The van der Waals surface area contributed by atoms with Gasteiger partial charge in [-0.2, -0.15) is 0 Å². The Balaban J connectivity index is 2.13. The van der Waals surface area contributed by atoms with Crippen molar-refractivity contribution in [1.82, 2.24) is 0 Å². The molecular weight excluding hydrogens is 204 g/mol. The second-order valence-electron chi connectivity index (χ2n) is 6.67. The van der Waals surface area contributed by atoms with E-state index in [-0.39, 0.29) is 0 Å². The molecule has 0 N–H and O–H groups in total. The maximum absolute atomic E-state index is 3.99. The van der Waals surface area contributed by atoms with Crippen LogP contribution in [0.2, 0.25) is 0 Å². The van der Waals surface area contributed by atoms with Crippen molar-refractivity contribution in [2.45, 2.75) is 72.6 Å².